The fraction of sp³-hybridized carbons (Fsp3) is 0.450. The van der Waals surface area contributed by atoms with Crippen LogP contribution < -0.4 is 0 Å². The zero-order valence-corrected chi connectivity index (χ0v) is 16.8. The Bertz CT molecular complexity index is 873. The fourth-order valence-electron chi connectivity index (χ4n) is 4.13. The molecule has 5 nitrogen and oxygen atoms in total. The van der Waals surface area contributed by atoms with Gasteiger partial charge in [-0.2, -0.15) is 4.31 Å². The number of piperidine rings is 1. The maximum absolute atomic E-state index is 13.1. The third-order valence-corrected chi connectivity index (χ3v) is 8.48. The van der Waals surface area contributed by atoms with Crippen LogP contribution in [0.2, 0.25) is 0 Å². The van der Waals surface area contributed by atoms with E-state index in [1.54, 1.807) is 35.6 Å². The number of nitrogens with zero attached hydrogens (tertiary/aromatic N) is 2. The van der Waals surface area contributed by atoms with Crippen LogP contribution in [-0.2, 0) is 14.8 Å². The van der Waals surface area contributed by atoms with Crippen LogP contribution in [0.15, 0.2) is 52.7 Å². The first kappa shape index (κ1) is 18.7. The highest BCUT2D eigenvalue weighted by Gasteiger charge is 2.37. The molecule has 1 unspecified atom stereocenters. The van der Waals surface area contributed by atoms with Crippen LogP contribution in [0.25, 0.3) is 0 Å². The van der Waals surface area contributed by atoms with Crippen molar-refractivity contribution in [2.24, 2.45) is 5.92 Å². The van der Waals surface area contributed by atoms with E-state index >= 15 is 0 Å². The van der Waals surface area contributed by atoms with Gasteiger partial charge in [-0.25, -0.2) is 8.42 Å². The van der Waals surface area contributed by atoms with Gasteiger partial charge in [0.1, 0.15) is 0 Å². The lowest BCUT2D eigenvalue weighted by Gasteiger charge is -2.34. The largest absolute Gasteiger partial charge is 0.335 e. The summed E-state index contributed by atoms with van der Waals surface area (Å²) in [6.07, 6.45) is 3.25. The molecule has 2 saturated heterocycles. The highest BCUT2D eigenvalue weighted by molar-refractivity contribution is 7.89. The molecule has 0 N–H and O–H groups in total. The van der Waals surface area contributed by atoms with Crippen LogP contribution >= 0.6 is 11.3 Å². The molecule has 0 aliphatic carbocycles. The molecule has 7 heteroatoms. The minimum atomic E-state index is -3.47. The second-order valence-corrected chi connectivity index (χ2v) is 10.1. The highest BCUT2D eigenvalue weighted by Crippen LogP contribution is 2.37. The SMILES string of the molecule is O=C(C1CCN(S(=O)(=O)c2ccccc2)CC1)N1CCCC1c1cccs1. The summed E-state index contributed by atoms with van der Waals surface area (Å²) in [5.41, 5.74) is 0. The molecule has 0 saturated carbocycles. The number of amides is 1. The van der Waals surface area contributed by atoms with Crippen molar-refractivity contribution in [3.8, 4) is 0 Å². The van der Waals surface area contributed by atoms with E-state index in [0.717, 1.165) is 19.4 Å². The van der Waals surface area contributed by atoms with Crippen molar-refractivity contribution < 1.29 is 13.2 Å². The molecule has 2 fully saturated rings. The first-order valence-electron chi connectivity index (χ1n) is 9.46. The average molecular weight is 405 g/mol. The predicted octanol–water partition coefficient (Wildman–Crippen LogP) is 3.51. The van der Waals surface area contributed by atoms with Crippen molar-refractivity contribution in [3.63, 3.8) is 0 Å². The van der Waals surface area contributed by atoms with Gasteiger partial charge in [0.05, 0.1) is 10.9 Å². The highest BCUT2D eigenvalue weighted by atomic mass is 32.2. The van der Waals surface area contributed by atoms with Gasteiger partial charge in [-0.1, -0.05) is 24.3 Å². The molecule has 144 valence electrons. The molecular formula is C20H24N2O3S2. The molecular weight excluding hydrogens is 380 g/mol. The number of likely N-dealkylation sites (tertiary alicyclic amines) is 1. The summed E-state index contributed by atoms with van der Waals surface area (Å²) in [7, 11) is -3.47. The van der Waals surface area contributed by atoms with E-state index in [0.29, 0.717) is 30.8 Å². The second kappa shape index (κ2) is 7.73. The Labute approximate surface area is 164 Å². The number of hydrogen-bond acceptors (Lipinski definition) is 4. The summed E-state index contributed by atoms with van der Waals surface area (Å²) in [6.45, 7) is 1.63. The smallest absolute Gasteiger partial charge is 0.243 e. The maximum atomic E-state index is 13.1. The molecule has 1 atom stereocenters. The Morgan fingerprint density at radius 3 is 2.37 bits per heavy atom. The summed E-state index contributed by atoms with van der Waals surface area (Å²) < 4.78 is 27.0. The zero-order valence-electron chi connectivity index (χ0n) is 15.2. The van der Waals surface area contributed by atoms with Crippen molar-refractivity contribution in [1.29, 1.82) is 0 Å². The molecule has 1 amide bonds. The van der Waals surface area contributed by atoms with Gasteiger partial charge < -0.3 is 4.90 Å². The Kier molecular flexibility index (Phi) is 5.34. The molecule has 0 bridgehead atoms. The summed E-state index contributed by atoms with van der Waals surface area (Å²) in [4.78, 5) is 16.7. The number of thiophene rings is 1. The van der Waals surface area contributed by atoms with E-state index in [2.05, 4.69) is 11.4 Å². The first-order valence-corrected chi connectivity index (χ1v) is 11.8. The van der Waals surface area contributed by atoms with E-state index in [9.17, 15) is 13.2 Å². The fourth-order valence-corrected chi connectivity index (χ4v) is 6.49. The van der Waals surface area contributed by atoms with Gasteiger partial charge in [0.2, 0.25) is 15.9 Å². The summed E-state index contributed by atoms with van der Waals surface area (Å²) in [5, 5.41) is 2.06. The van der Waals surface area contributed by atoms with Crippen LogP contribution in [0, 0.1) is 5.92 Å². The van der Waals surface area contributed by atoms with Gasteiger partial charge in [0.15, 0.2) is 0 Å². The molecule has 2 aliphatic heterocycles. The molecule has 2 aliphatic rings. The zero-order chi connectivity index (χ0) is 18.9. The third kappa shape index (κ3) is 3.68. The lowest BCUT2D eigenvalue weighted by Crippen LogP contribution is -2.44. The summed E-state index contributed by atoms with van der Waals surface area (Å²) >= 11 is 1.71. The monoisotopic (exact) mass is 404 g/mol. The van der Waals surface area contributed by atoms with Crippen LogP contribution in [0.5, 0.6) is 0 Å². The second-order valence-electron chi connectivity index (χ2n) is 7.20. The molecule has 2 aromatic rings. The van der Waals surface area contributed by atoms with E-state index < -0.39 is 10.0 Å². The Morgan fingerprint density at radius 1 is 0.963 bits per heavy atom. The van der Waals surface area contributed by atoms with E-state index in [4.69, 9.17) is 0 Å². The number of benzene rings is 1. The molecule has 4 rings (SSSR count). The molecule has 1 aromatic heterocycles. The normalized spacial score (nSPS) is 22.2. The lowest BCUT2D eigenvalue weighted by atomic mass is 9.96. The molecule has 1 aromatic carbocycles. The molecule has 3 heterocycles. The predicted molar refractivity (Wildman–Crippen MR) is 106 cm³/mol. The van der Waals surface area contributed by atoms with Gasteiger partial charge in [0, 0.05) is 30.4 Å². The van der Waals surface area contributed by atoms with Crippen molar-refractivity contribution in [2.75, 3.05) is 19.6 Å². The first-order chi connectivity index (χ1) is 13.1. The average Bonchev–Trinajstić information content (AvgIpc) is 3.39. The van der Waals surface area contributed by atoms with Crippen molar-refractivity contribution in [3.05, 3.63) is 52.7 Å². The minimum Gasteiger partial charge on any atom is -0.335 e. The van der Waals surface area contributed by atoms with Crippen LogP contribution in [-0.4, -0.2) is 43.2 Å². The minimum absolute atomic E-state index is 0.0761. The summed E-state index contributed by atoms with van der Waals surface area (Å²) in [6, 6.07) is 12.9. The third-order valence-electron chi connectivity index (χ3n) is 5.59. The van der Waals surface area contributed by atoms with E-state index in [-0.39, 0.29) is 17.9 Å². The van der Waals surface area contributed by atoms with Crippen LogP contribution in [0.3, 0.4) is 0 Å². The van der Waals surface area contributed by atoms with Gasteiger partial charge in [-0.3, -0.25) is 4.79 Å². The number of carbonyl (C=O) groups excluding carboxylic acids is 1. The van der Waals surface area contributed by atoms with E-state index in [1.807, 2.05) is 17.0 Å². The standard InChI is InChI=1S/C20H24N2O3S2/c23-20(22-12-4-8-18(22)19-9-5-15-26-19)16-10-13-21(14-11-16)27(24,25)17-6-2-1-3-7-17/h1-3,5-7,9,15-16,18H,4,8,10-14H2. The van der Waals surface area contributed by atoms with E-state index in [1.165, 1.54) is 9.18 Å². The number of carbonyl (C=O) groups is 1. The summed E-state index contributed by atoms with van der Waals surface area (Å²) in [5.74, 6) is 0.121. The number of hydrogen-bond donors (Lipinski definition) is 0. The number of rotatable bonds is 4. The van der Waals surface area contributed by atoms with Gasteiger partial charge in [0.25, 0.3) is 0 Å². The van der Waals surface area contributed by atoms with Crippen LogP contribution in [0.1, 0.15) is 36.6 Å². The van der Waals surface area contributed by atoms with Crippen molar-refractivity contribution in [2.45, 2.75) is 36.6 Å². The Morgan fingerprint density at radius 2 is 1.70 bits per heavy atom. The molecule has 0 spiro atoms. The quantitative estimate of drug-likeness (QED) is 0.784. The Balaban J connectivity index is 1.41. The van der Waals surface area contributed by atoms with Crippen LogP contribution in [0.4, 0.5) is 0 Å². The molecule has 27 heavy (non-hydrogen) atoms. The van der Waals surface area contributed by atoms with Gasteiger partial charge in [-0.15, -0.1) is 11.3 Å². The van der Waals surface area contributed by atoms with Crippen molar-refractivity contribution >= 4 is 27.3 Å². The molecule has 0 radical (unpaired) electrons. The Hall–Kier alpha value is -1.70. The van der Waals surface area contributed by atoms with Gasteiger partial charge >= 0.3 is 0 Å². The van der Waals surface area contributed by atoms with Crippen molar-refractivity contribution in [1.82, 2.24) is 9.21 Å². The van der Waals surface area contributed by atoms with Gasteiger partial charge in [-0.05, 0) is 49.3 Å². The lowest BCUT2D eigenvalue weighted by molar-refractivity contribution is -0.137. The topological polar surface area (TPSA) is 57.7 Å². The maximum Gasteiger partial charge on any atom is 0.243 e. The number of sulfonamides is 1.